The molecule has 1 saturated heterocycles. The van der Waals surface area contributed by atoms with E-state index >= 15 is 0 Å². The summed E-state index contributed by atoms with van der Waals surface area (Å²) in [7, 11) is 4.30. The number of hydrogen-bond donors (Lipinski definition) is 1. The van der Waals surface area contributed by atoms with Crippen LogP contribution in [0.2, 0.25) is 0 Å². The molecule has 0 aromatic rings. The predicted molar refractivity (Wildman–Crippen MR) is 98.3 cm³/mol. The molecule has 0 aliphatic carbocycles. The monoisotopic (exact) mass is 326 g/mol. The number of nitrogens with zero attached hydrogens (tertiary/aromatic N) is 2. The molecule has 0 bridgehead atoms. The topological polar surface area (TPSA) is 32.3 Å². The minimum Gasteiger partial charge on any atom is -0.329 e. The summed E-state index contributed by atoms with van der Waals surface area (Å²) in [4.78, 5) is 15.1. The van der Waals surface area contributed by atoms with Crippen molar-refractivity contribution >= 4 is 5.91 Å². The molecule has 136 valence electrons. The van der Waals surface area contributed by atoms with Crippen molar-refractivity contribution in [3.8, 4) is 0 Å². The van der Waals surface area contributed by atoms with Gasteiger partial charge in [-0.2, -0.15) is 0 Å². The zero-order chi connectivity index (χ0) is 17.8. The fourth-order valence-electron chi connectivity index (χ4n) is 4.07. The Bertz CT molecular complexity index is 381. The lowest BCUT2D eigenvalue weighted by Gasteiger charge is -2.52. The first-order valence-electron chi connectivity index (χ1n) is 9.40. The second kappa shape index (κ2) is 8.48. The molecule has 0 saturated carbocycles. The van der Waals surface area contributed by atoms with Gasteiger partial charge in [0, 0.05) is 19.0 Å². The normalized spacial score (nSPS) is 27.3. The second-order valence-electron chi connectivity index (χ2n) is 8.77. The Morgan fingerprint density at radius 2 is 1.83 bits per heavy atom. The Labute approximate surface area is 144 Å². The van der Waals surface area contributed by atoms with Gasteiger partial charge in [0.2, 0.25) is 0 Å². The highest BCUT2D eigenvalue weighted by molar-refractivity contribution is 5.78. The van der Waals surface area contributed by atoms with Gasteiger partial charge in [0.05, 0.1) is 13.1 Å². The van der Waals surface area contributed by atoms with Crippen molar-refractivity contribution in [3.05, 3.63) is 0 Å². The summed E-state index contributed by atoms with van der Waals surface area (Å²) >= 11 is 0. The van der Waals surface area contributed by atoms with Gasteiger partial charge in [-0.3, -0.25) is 4.79 Å². The fraction of sp³-hybridized carbons (Fsp3) is 0.947. The van der Waals surface area contributed by atoms with E-state index in [-0.39, 0.29) is 0 Å². The lowest BCUT2D eigenvalue weighted by molar-refractivity contribution is -0.934. The van der Waals surface area contributed by atoms with Gasteiger partial charge in [-0.1, -0.05) is 41.5 Å². The number of nitrogens with one attached hydrogen (secondary N) is 1. The highest BCUT2D eigenvalue weighted by atomic mass is 16.2. The molecule has 1 N–H and O–H groups in total. The van der Waals surface area contributed by atoms with Crippen LogP contribution in [0.5, 0.6) is 0 Å². The molecule has 1 aliphatic rings. The molecule has 23 heavy (non-hydrogen) atoms. The number of carbonyl (C=O) groups is 1. The summed E-state index contributed by atoms with van der Waals surface area (Å²) in [6.45, 7) is 17.2. The van der Waals surface area contributed by atoms with Crippen molar-refractivity contribution < 1.29 is 9.28 Å². The van der Waals surface area contributed by atoms with Crippen LogP contribution in [0.1, 0.15) is 48.0 Å². The van der Waals surface area contributed by atoms with E-state index in [1.807, 2.05) is 7.05 Å². The summed E-state index contributed by atoms with van der Waals surface area (Å²) in [5.41, 5.74) is 0. The number of rotatable bonds is 8. The van der Waals surface area contributed by atoms with E-state index < -0.39 is 0 Å². The average Bonchev–Trinajstić information content (AvgIpc) is 2.42. The van der Waals surface area contributed by atoms with E-state index in [4.69, 9.17) is 0 Å². The van der Waals surface area contributed by atoms with Gasteiger partial charge in [-0.05, 0) is 25.3 Å². The quantitative estimate of drug-likeness (QED) is 0.695. The van der Waals surface area contributed by atoms with Gasteiger partial charge < -0.3 is 14.7 Å². The van der Waals surface area contributed by atoms with E-state index in [0.29, 0.717) is 42.3 Å². The molecule has 0 aromatic heterocycles. The molecule has 1 aliphatic heterocycles. The maximum atomic E-state index is 13.0. The van der Waals surface area contributed by atoms with Crippen LogP contribution in [0.25, 0.3) is 0 Å². The lowest BCUT2D eigenvalue weighted by atomic mass is 9.92. The molecular weight excluding hydrogens is 286 g/mol. The van der Waals surface area contributed by atoms with Crippen LogP contribution in [-0.2, 0) is 4.79 Å². The molecule has 3 unspecified atom stereocenters. The van der Waals surface area contributed by atoms with Crippen LogP contribution < -0.4 is 5.32 Å². The minimum absolute atomic E-state index is 0.347. The zero-order valence-corrected chi connectivity index (χ0v) is 16.7. The largest absolute Gasteiger partial charge is 0.329 e. The molecule has 4 nitrogen and oxygen atoms in total. The van der Waals surface area contributed by atoms with Crippen LogP contribution in [0.3, 0.4) is 0 Å². The Morgan fingerprint density at radius 3 is 2.26 bits per heavy atom. The van der Waals surface area contributed by atoms with Crippen molar-refractivity contribution in [2.45, 2.75) is 60.0 Å². The van der Waals surface area contributed by atoms with Gasteiger partial charge in [-0.15, -0.1) is 0 Å². The average molecular weight is 327 g/mol. The van der Waals surface area contributed by atoms with Gasteiger partial charge in [0.1, 0.15) is 12.6 Å². The van der Waals surface area contributed by atoms with Crippen LogP contribution in [-0.4, -0.2) is 67.6 Å². The maximum absolute atomic E-state index is 13.0. The fourth-order valence-corrected chi connectivity index (χ4v) is 4.07. The molecule has 4 heteroatoms. The van der Waals surface area contributed by atoms with Crippen molar-refractivity contribution in [3.63, 3.8) is 0 Å². The Morgan fingerprint density at radius 1 is 1.22 bits per heavy atom. The second-order valence-corrected chi connectivity index (χ2v) is 8.77. The summed E-state index contributed by atoms with van der Waals surface area (Å²) < 4.78 is 0.873. The zero-order valence-electron chi connectivity index (χ0n) is 16.7. The first-order valence-corrected chi connectivity index (χ1v) is 9.40. The van der Waals surface area contributed by atoms with E-state index in [9.17, 15) is 4.79 Å². The van der Waals surface area contributed by atoms with Crippen molar-refractivity contribution in [1.29, 1.82) is 0 Å². The number of likely N-dealkylation sites (N-methyl/N-ethyl adjacent to an activating group) is 2. The molecule has 0 radical (unpaired) electrons. The standard InChI is InChI=1S/C19H40N3O/c1-14(2)9-10-21-17(15(3)4)12-22(8,13-19(21)23)18(11-20-7)16(5)6/h14-18,20H,9-13H2,1-8H3/q+1. The molecule has 0 spiro atoms. The predicted octanol–water partition coefficient (Wildman–Crippen LogP) is 2.59. The first kappa shape index (κ1) is 20.4. The van der Waals surface area contributed by atoms with Crippen molar-refractivity contribution in [2.24, 2.45) is 17.8 Å². The highest BCUT2D eigenvalue weighted by Crippen LogP contribution is 2.28. The van der Waals surface area contributed by atoms with Crippen molar-refractivity contribution in [1.82, 2.24) is 10.2 Å². The Hall–Kier alpha value is -0.610. The maximum Gasteiger partial charge on any atom is 0.278 e. The molecule has 1 heterocycles. The van der Waals surface area contributed by atoms with E-state index in [1.54, 1.807) is 0 Å². The molecule has 1 fully saturated rings. The number of hydrogen-bond acceptors (Lipinski definition) is 2. The molecule has 1 amide bonds. The van der Waals surface area contributed by atoms with Gasteiger partial charge in [0.25, 0.3) is 5.91 Å². The van der Waals surface area contributed by atoms with Gasteiger partial charge in [-0.25, -0.2) is 0 Å². The summed E-state index contributed by atoms with van der Waals surface area (Å²) in [6, 6.07) is 0.843. The third kappa shape index (κ3) is 5.18. The third-order valence-electron chi connectivity index (χ3n) is 5.52. The van der Waals surface area contributed by atoms with Gasteiger partial charge in [0.15, 0.2) is 6.54 Å². The smallest absolute Gasteiger partial charge is 0.278 e. The highest BCUT2D eigenvalue weighted by Gasteiger charge is 2.46. The van der Waals surface area contributed by atoms with E-state index in [0.717, 1.165) is 30.5 Å². The summed E-state index contributed by atoms with van der Waals surface area (Å²) in [5.74, 6) is 2.06. The van der Waals surface area contributed by atoms with Crippen LogP contribution in [0, 0.1) is 17.8 Å². The van der Waals surface area contributed by atoms with Crippen LogP contribution in [0.15, 0.2) is 0 Å². The number of quaternary nitrogens is 1. The van der Waals surface area contributed by atoms with Gasteiger partial charge >= 0.3 is 0 Å². The van der Waals surface area contributed by atoms with Crippen LogP contribution in [0.4, 0.5) is 0 Å². The van der Waals surface area contributed by atoms with Crippen LogP contribution >= 0.6 is 0 Å². The SMILES string of the molecule is CNCC(C(C)C)[N+]1(C)CC(=O)N(CCC(C)C)C(C(C)C)C1. The lowest BCUT2D eigenvalue weighted by Crippen LogP contribution is -2.70. The number of carbonyl (C=O) groups excluding carboxylic acids is 1. The minimum atomic E-state index is 0.347. The molecule has 1 rings (SSSR count). The van der Waals surface area contributed by atoms with E-state index in [2.05, 4.69) is 58.8 Å². The number of amides is 1. The molecule has 0 aromatic carbocycles. The molecular formula is C19H40N3O+. The van der Waals surface area contributed by atoms with Crippen molar-refractivity contribution in [2.75, 3.05) is 40.3 Å². The third-order valence-corrected chi connectivity index (χ3v) is 5.52. The number of piperazine rings is 1. The Kier molecular flexibility index (Phi) is 7.53. The summed E-state index contributed by atoms with van der Waals surface area (Å²) in [5, 5.41) is 3.34. The van der Waals surface area contributed by atoms with E-state index in [1.165, 1.54) is 0 Å². The first-order chi connectivity index (χ1) is 10.6. The summed E-state index contributed by atoms with van der Waals surface area (Å²) in [6.07, 6.45) is 1.10. The molecule has 3 atom stereocenters. The Balaban J connectivity index is 2.99.